The third kappa shape index (κ3) is 6.24. The number of hydrogen-bond acceptors (Lipinski definition) is 4. The summed E-state index contributed by atoms with van der Waals surface area (Å²) in [6, 6.07) is 14.8. The molecule has 1 unspecified atom stereocenters. The lowest BCUT2D eigenvalue weighted by molar-refractivity contribution is -0.137. The lowest BCUT2D eigenvalue weighted by atomic mass is 9.44. The highest BCUT2D eigenvalue weighted by Crippen LogP contribution is 2.61. The molecule has 3 saturated carbocycles. The fourth-order valence-corrected chi connectivity index (χ4v) is 6.93. The average Bonchev–Trinajstić information content (AvgIpc) is 2.86. The number of sulfonamides is 1. The summed E-state index contributed by atoms with van der Waals surface area (Å²) in [6.45, 7) is 4.56. The number of amides is 1. The maximum atomic E-state index is 13.2. The van der Waals surface area contributed by atoms with E-state index < -0.39 is 16.0 Å². The lowest BCUT2D eigenvalue weighted by Gasteiger charge is -2.62. The molecular weight excluding hydrogens is 488 g/mol. The van der Waals surface area contributed by atoms with E-state index in [0.717, 1.165) is 25.7 Å². The molecule has 4 atom stereocenters. The molecule has 2 aromatic carbocycles. The van der Waals surface area contributed by atoms with Gasteiger partial charge in [0.15, 0.2) is 0 Å². The number of nitrogens with one attached hydrogen (secondary N) is 2. The molecule has 0 aliphatic heterocycles. The number of carboxylic acids is 1. The van der Waals surface area contributed by atoms with Gasteiger partial charge >= 0.3 is 5.97 Å². The van der Waals surface area contributed by atoms with Gasteiger partial charge in [0, 0.05) is 23.7 Å². The highest BCUT2D eigenvalue weighted by atomic mass is 32.2. The van der Waals surface area contributed by atoms with Crippen LogP contribution in [0.25, 0.3) is 0 Å². The zero-order valence-corrected chi connectivity index (χ0v) is 22.2. The van der Waals surface area contributed by atoms with Crippen LogP contribution in [-0.2, 0) is 14.8 Å². The molecule has 0 heterocycles. The molecule has 3 fully saturated rings. The normalized spacial score (nSPS) is 24.3. The molecule has 5 rings (SSSR count). The molecule has 3 aliphatic carbocycles. The van der Waals surface area contributed by atoms with Gasteiger partial charge in [0.05, 0.1) is 4.90 Å². The van der Waals surface area contributed by atoms with Crippen LogP contribution in [0, 0.1) is 23.2 Å². The molecule has 0 radical (unpaired) electrons. The van der Waals surface area contributed by atoms with Crippen molar-refractivity contribution in [1.82, 2.24) is 5.32 Å². The van der Waals surface area contributed by atoms with Gasteiger partial charge in [-0.25, -0.2) is 8.42 Å². The van der Waals surface area contributed by atoms with Crippen LogP contribution in [0.1, 0.15) is 62.7 Å². The van der Waals surface area contributed by atoms with E-state index in [4.69, 9.17) is 5.11 Å². The first kappa shape index (κ1) is 26.9. The van der Waals surface area contributed by atoms with Crippen molar-refractivity contribution in [3.8, 4) is 0 Å². The molecule has 37 heavy (non-hydrogen) atoms. The first-order valence-corrected chi connectivity index (χ1v) is 14.4. The zero-order valence-electron chi connectivity index (χ0n) is 21.4. The Bertz CT molecular complexity index is 1240. The molecule has 0 aromatic heterocycles. The van der Waals surface area contributed by atoms with E-state index in [9.17, 15) is 18.0 Å². The number of carbonyl (C=O) groups is 2. The summed E-state index contributed by atoms with van der Waals surface area (Å²) in [5.41, 5.74) is 1.09. The first-order valence-electron chi connectivity index (χ1n) is 12.9. The van der Waals surface area contributed by atoms with E-state index in [0.29, 0.717) is 35.4 Å². The number of carboxylic acid groups (broad SMARTS) is 1. The van der Waals surface area contributed by atoms with Gasteiger partial charge in [-0.2, -0.15) is 0 Å². The van der Waals surface area contributed by atoms with Crippen LogP contribution in [0.3, 0.4) is 0 Å². The Labute approximate surface area is 219 Å². The maximum Gasteiger partial charge on any atom is 0.303 e. The lowest BCUT2D eigenvalue weighted by Crippen LogP contribution is -2.63. The largest absolute Gasteiger partial charge is 0.481 e. The number of aliphatic carboxylic acids is 1. The van der Waals surface area contributed by atoms with Crippen molar-refractivity contribution in [2.75, 3.05) is 4.72 Å². The number of rotatable bonds is 11. The Morgan fingerprint density at radius 1 is 1.03 bits per heavy atom. The van der Waals surface area contributed by atoms with Gasteiger partial charge in [-0.3, -0.25) is 14.3 Å². The monoisotopic (exact) mass is 524 g/mol. The molecular formula is C29H36N2O5S. The van der Waals surface area contributed by atoms with Gasteiger partial charge in [0.1, 0.15) is 0 Å². The fraction of sp³-hybridized carbons (Fsp3) is 0.448. The van der Waals surface area contributed by atoms with Crippen molar-refractivity contribution < 1.29 is 23.1 Å². The Kier molecular flexibility index (Phi) is 8.07. The quantitative estimate of drug-likeness (QED) is 0.267. The van der Waals surface area contributed by atoms with Crippen molar-refractivity contribution in [3.63, 3.8) is 0 Å². The molecule has 8 heteroatoms. The van der Waals surface area contributed by atoms with Gasteiger partial charge in [-0.15, -0.1) is 0 Å². The number of benzene rings is 2. The summed E-state index contributed by atoms with van der Waals surface area (Å²) >= 11 is 0. The number of allylic oxidation sites excluding steroid dienone is 2. The van der Waals surface area contributed by atoms with Crippen molar-refractivity contribution in [3.05, 3.63) is 72.3 Å². The fourth-order valence-electron chi connectivity index (χ4n) is 5.87. The molecule has 3 N–H and O–H groups in total. The Hall–Kier alpha value is -3.13. The van der Waals surface area contributed by atoms with Crippen LogP contribution in [0.4, 0.5) is 5.69 Å². The second-order valence-corrected chi connectivity index (χ2v) is 12.5. The second-order valence-electron chi connectivity index (χ2n) is 10.8. The van der Waals surface area contributed by atoms with Crippen molar-refractivity contribution in [1.29, 1.82) is 0 Å². The number of anilines is 1. The molecule has 0 spiro atoms. The predicted molar refractivity (Wildman–Crippen MR) is 144 cm³/mol. The number of fused-ring (bicyclic) bond motifs is 2. The predicted octanol–water partition coefficient (Wildman–Crippen LogP) is 5.47. The molecule has 2 aromatic rings. The Morgan fingerprint density at radius 3 is 2.38 bits per heavy atom. The van der Waals surface area contributed by atoms with E-state index in [1.54, 1.807) is 36.4 Å². The SMILES string of the molecule is CC1(C)[C@H]2C[C@H](C/C=C\CCCC(=O)O)C(NC(=O)c3ccc(S(=O)(=O)Nc4ccccc4)cc3)[C@@H]1C2. The van der Waals surface area contributed by atoms with Gasteiger partial charge in [-0.05, 0) is 91.7 Å². The molecule has 7 nitrogen and oxygen atoms in total. The summed E-state index contributed by atoms with van der Waals surface area (Å²) in [7, 11) is -3.75. The highest BCUT2D eigenvalue weighted by Gasteiger charge is 2.57. The van der Waals surface area contributed by atoms with E-state index in [1.165, 1.54) is 12.1 Å². The number of carbonyl (C=O) groups excluding carboxylic acids is 1. The minimum Gasteiger partial charge on any atom is -0.481 e. The highest BCUT2D eigenvalue weighted by molar-refractivity contribution is 7.92. The van der Waals surface area contributed by atoms with Crippen LogP contribution < -0.4 is 10.0 Å². The van der Waals surface area contributed by atoms with E-state index in [1.807, 2.05) is 6.07 Å². The first-order chi connectivity index (χ1) is 17.6. The van der Waals surface area contributed by atoms with E-state index in [2.05, 4.69) is 36.0 Å². The molecule has 1 amide bonds. The number of hydrogen-bond donors (Lipinski definition) is 3. The van der Waals surface area contributed by atoms with Gasteiger partial charge in [0.2, 0.25) is 0 Å². The minimum absolute atomic E-state index is 0.0410. The van der Waals surface area contributed by atoms with Gasteiger partial charge in [0.25, 0.3) is 15.9 Å². The Balaban J connectivity index is 1.40. The zero-order chi connectivity index (χ0) is 26.6. The summed E-state index contributed by atoms with van der Waals surface area (Å²) in [4.78, 5) is 24.0. The van der Waals surface area contributed by atoms with Crippen LogP contribution in [0.5, 0.6) is 0 Å². The third-order valence-electron chi connectivity index (χ3n) is 8.19. The topological polar surface area (TPSA) is 113 Å². The van der Waals surface area contributed by atoms with E-state index >= 15 is 0 Å². The van der Waals surface area contributed by atoms with E-state index in [-0.39, 0.29) is 28.7 Å². The smallest absolute Gasteiger partial charge is 0.303 e. The van der Waals surface area contributed by atoms with Gasteiger partial charge in [-0.1, -0.05) is 44.2 Å². The summed E-state index contributed by atoms with van der Waals surface area (Å²) in [5, 5.41) is 12.1. The standard InChI is InChI=1S/C29H36N2O5S/c1-29(2)22-18-21(10-6-3-4-9-13-26(32)33)27(25(29)19-22)30-28(34)20-14-16-24(17-15-20)37(35,36)31-23-11-7-5-8-12-23/h3,5-8,11-12,14-17,21-22,25,27,31H,4,9-10,13,18-19H2,1-2H3,(H,30,34)(H,32,33)/b6-3-/t21-,22-,25-,27?/m0/s1. The number of para-hydroxylation sites is 1. The van der Waals surface area contributed by atoms with Crippen molar-refractivity contribution in [2.24, 2.45) is 23.2 Å². The Morgan fingerprint density at radius 2 is 1.73 bits per heavy atom. The second kappa shape index (κ2) is 11.1. The molecule has 3 aliphatic rings. The summed E-state index contributed by atoms with van der Waals surface area (Å²) in [5.74, 6) is 0.407. The third-order valence-corrected chi connectivity index (χ3v) is 9.59. The summed E-state index contributed by atoms with van der Waals surface area (Å²) < 4.78 is 28.0. The van der Waals surface area contributed by atoms with Gasteiger partial charge < -0.3 is 10.4 Å². The average molecular weight is 525 g/mol. The van der Waals surface area contributed by atoms with Crippen molar-refractivity contribution >= 4 is 27.6 Å². The maximum absolute atomic E-state index is 13.2. The number of unbranched alkanes of at least 4 members (excludes halogenated alkanes) is 1. The van der Waals surface area contributed by atoms with Crippen LogP contribution >= 0.6 is 0 Å². The minimum atomic E-state index is -3.75. The summed E-state index contributed by atoms with van der Waals surface area (Å²) in [6.07, 6.45) is 8.73. The van der Waals surface area contributed by atoms with Crippen molar-refractivity contribution in [2.45, 2.75) is 63.3 Å². The van der Waals surface area contributed by atoms with Crippen LogP contribution in [0.15, 0.2) is 71.6 Å². The van der Waals surface area contributed by atoms with Crippen LogP contribution in [-0.4, -0.2) is 31.4 Å². The molecule has 2 bridgehead atoms. The van der Waals surface area contributed by atoms with Crippen LogP contribution in [0.2, 0.25) is 0 Å². The molecule has 198 valence electrons. The molecule has 0 saturated heterocycles.